The van der Waals surface area contributed by atoms with Gasteiger partial charge in [0.05, 0.1) is 23.5 Å². The molecule has 2 N–H and O–H groups in total. The van der Waals surface area contributed by atoms with E-state index in [0.717, 1.165) is 23.0 Å². The average Bonchev–Trinajstić information content (AvgIpc) is 3.15. The first-order valence-corrected chi connectivity index (χ1v) is 10.6. The topological polar surface area (TPSA) is 95.7 Å². The fraction of sp³-hybridized carbons (Fsp3) is 0.375. The second-order valence-corrected chi connectivity index (χ2v) is 8.39. The number of aliphatic hydroxyl groups is 1. The highest BCUT2D eigenvalue weighted by Crippen LogP contribution is 2.36. The molecule has 2 heterocycles. The van der Waals surface area contributed by atoms with Crippen LogP contribution >= 0.6 is 0 Å². The van der Waals surface area contributed by atoms with Gasteiger partial charge in [-0.2, -0.15) is 0 Å². The van der Waals surface area contributed by atoms with Gasteiger partial charge in [0.2, 0.25) is 0 Å². The first-order chi connectivity index (χ1) is 14.9. The fourth-order valence-corrected chi connectivity index (χ4v) is 4.52. The second kappa shape index (κ2) is 8.51. The predicted octanol–water partition coefficient (Wildman–Crippen LogP) is 2.87. The van der Waals surface area contributed by atoms with E-state index in [9.17, 15) is 19.8 Å². The maximum Gasteiger partial charge on any atom is 0.314 e. The van der Waals surface area contributed by atoms with Gasteiger partial charge in [0.15, 0.2) is 0 Å². The third-order valence-electron chi connectivity index (χ3n) is 6.40. The van der Waals surface area contributed by atoms with Gasteiger partial charge in [-0.05, 0) is 49.4 Å². The molecule has 162 valence electrons. The molecule has 2 aromatic carbocycles. The Balaban J connectivity index is 1.52. The fourth-order valence-electron chi connectivity index (χ4n) is 4.52. The molecule has 0 unspecified atom stereocenters. The molecule has 0 bridgehead atoms. The Morgan fingerprint density at radius 1 is 1.19 bits per heavy atom. The Bertz CT molecular complexity index is 1090. The molecule has 0 radical (unpaired) electrons. The number of hydrogen-bond donors (Lipinski definition) is 2. The van der Waals surface area contributed by atoms with Gasteiger partial charge in [-0.25, -0.2) is 4.98 Å². The monoisotopic (exact) mass is 421 g/mol. The number of piperidine rings is 1. The number of aromatic nitrogens is 2. The van der Waals surface area contributed by atoms with Crippen LogP contribution in [0.2, 0.25) is 0 Å². The van der Waals surface area contributed by atoms with Gasteiger partial charge in [0.25, 0.3) is 5.91 Å². The number of likely N-dealkylation sites (tertiary alicyclic amines) is 1. The molecule has 1 aromatic heterocycles. The summed E-state index contributed by atoms with van der Waals surface area (Å²) < 4.78 is 1.88. The number of aliphatic carboxylic acids is 1. The van der Waals surface area contributed by atoms with Crippen LogP contribution in [0, 0.1) is 5.41 Å². The molecule has 0 aliphatic carbocycles. The molecule has 7 heteroatoms. The minimum Gasteiger partial charge on any atom is -0.481 e. The van der Waals surface area contributed by atoms with Gasteiger partial charge < -0.3 is 19.7 Å². The van der Waals surface area contributed by atoms with Crippen molar-refractivity contribution in [3.63, 3.8) is 0 Å². The van der Waals surface area contributed by atoms with Gasteiger partial charge in [0, 0.05) is 25.7 Å². The van der Waals surface area contributed by atoms with Crippen LogP contribution in [0.3, 0.4) is 0 Å². The number of carboxylic acids is 1. The lowest BCUT2D eigenvalue weighted by molar-refractivity contribution is -0.162. The summed E-state index contributed by atoms with van der Waals surface area (Å²) in [7, 11) is 1.89. The number of aryl methyl sites for hydroxylation is 2. The van der Waals surface area contributed by atoms with Crippen molar-refractivity contribution in [1.82, 2.24) is 14.5 Å². The lowest BCUT2D eigenvalue weighted by Gasteiger charge is -2.43. The lowest BCUT2D eigenvalue weighted by Crippen LogP contribution is -2.57. The van der Waals surface area contributed by atoms with Crippen molar-refractivity contribution in [3.8, 4) is 0 Å². The molecule has 3 aromatic rings. The molecule has 1 fully saturated rings. The second-order valence-electron chi connectivity index (χ2n) is 8.39. The summed E-state index contributed by atoms with van der Waals surface area (Å²) in [5.41, 5.74) is 1.89. The van der Waals surface area contributed by atoms with Crippen LogP contribution in [0.15, 0.2) is 54.9 Å². The molecule has 1 saturated heterocycles. The van der Waals surface area contributed by atoms with E-state index in [4.69, 9.17) is 0 Å². The number of aliphatic hydroxyl groups excluding tert-OH is 1. The highest BCUT2D eigenvalue weighted by molar-refractivity contribution is 5.97. The predicted molar refractivity (Wildman–Crippen MR) is 117 cm³/mol. The number of amides is 1. The zero-order valence-corrected chi connectivity index (χ0v) is 17.6. The van der Waals surface area contributed by atoms with Gasteiger partial charge >= 0.3 is 5.97 Å². The van der Waals surface area contributed by atoms with Gasteiger partial charge in [-0.3, -0.25) is 9.59 Å². The molecule has 1 amide bonds. The zero-order valence-electron chi connectivity index (χ0n) is 17.6. The first kappa shape index (κ1) is 21.1. The van der Waals surface area contributed by atoms with E-state index in [1.54, 1.807) is 23.4 Å². The number of carbonyl (C=O) groups is 2. The van der Waals surface area contributed by atoms with E-state index < -0.39 is 17.5 Å². The van der Waals surface area contributed by atoms with E-state index in [1.165, 1.54) is 0 Å². The number of fused-ring (bicyclic) bond motifs is 1. The van der Waals surface area contributed by atoms with Crippen molar-refractivity contribution in [2.75, 3.05) is 13.1 Å². The Morgan fingerprint density at radius 2 is 1.97 bits per heavy atom. The van der Waals surface area contributed by atoms with E-state index in [1.807, 2.05) is 48.0 Å². The number of nitrogens with zero attached hydrogens (tertiary/aromatic N) is 3. The van der Waals surface area contributed by atoms with Crippen molar-refractivity contribution in [2.24, 2.45) is 12.5 Å². The molecule has 0 saturated carbocycles. The molecule has 7 nitrogen and oxygen atoms in total. The first-order valence-electron chi connectivity index (χ1n) is 10.6. The summed E-state index contributed by atoms with van der Waals surface area (Å²) in [4.78, 5) is 31.3. The number of benzene rings is 2. The number of carbonyl (C=O) groups excluding carboxylic acids is 1. The Hall–Kier alpha value is -3.19. The average molecular weight is 421 g/mol. The maximum atomic E-state index is 13.2. The summed E-state index contributed by atoms with van der Waals surface area (Å²) in [6.07, 6.45) is 2.61. The number of carboxylic acid groups (broad SMARTS) is 1. The highest BCUT2D eigenvalue weighted by atomic mass is 16.4. The quantitative estimate of drug-likeness (QED) is 0.638. The Labute approximate surface area is 180 Å². The lowest BCUT2D eigenvalue weighted by atomic mass is 9.73. The third-order valence-corrected chi connectivity index (χ3v) is 6.40. The van der Waals surface area contributed by atoms with Gasteiger partial charge in [-0.1, -0.05) is 30.3 Å². The van der Waals surface area contributed by atoms with E-state index >= 15 is 0 Å². The molecular weight excluding hydrogens is 394 g/mol. The SMILES string of the molecule is Cn1cnc2cc(C(=O)N3CC[C@@H](O)[C@](CCCc4ccccc4)(C(=O)O)C3)ccc21. The van der Waals surface area contributed by atoms with Crippen molar-refractivity contribution in [2.45, 2.75) is 31.8 Å². The van der Waals surface area contributed by atoms with Crippen LogP contribution in [0.4, 0.5) is 0 Å². The minimum atomic E-state index is -1.36. The normalized spacial score (nSPS) is 21.4. The Kier molecular flexibility index (Phi) is 5.78. The molecular formula is C24H27N3O4. The molecule has 2 atom stereocenters. The summed E-state index contributed by atoms with van der Waals surface area (Å²) in [6.45, 7) is 0.325. The molecule has 0 spiro atoms. The van der Waals surface area contributed by atoms with Crippen molar-refractivity contribution in [3.05, 3.63) is 66.0 Å². The van der Waals surface area contributed by atoms with E-state index in [2.05, 4.69) is 4.98 Å². The van der Waals surface area contributed by atoms with Crippen LogP contribution in [0.25, 0.3) is 11.0 Å². The van der Waals surface area contributed by atoms with Crippen LogP contribution < -0.4 is 0 Å². The minimum absolute atomic E-state index is 0.00260. The van der Waals surface area contributed by atoms with Crippen LogP contribution in [-0.4, -0.2) is 55.7 Å². The zero-order chi connectivity index (χ0) is 22.0. The number of hydrogen-bond acceptors (Lipinski definition) is 4. The summed E-state index contributed by atoms with van der Waals surface area (Å²) in [5.74, 6) is -1.28. The standard InChI is InChI=1S/C24H27N3O4/c1-26-16-25-19-14-18(9-10-20(19)26)22(29)27-13-11-21(28)24(15-27,23(30)31)12-5-8-17-6-3-2-4-7-17/h2-4,6-7,9-10,14,16,21,28H,5,8,11-13,15H2,1H3,(H,30,31)/t21-,24-/m1/s1. The van der Waals surface area contributed by atoms with Crippen molar-refractivity contribution < 1.29 is 19.8 Å². The molecule has 31 heavy (non-hydrogen) atoms. The van der Waals surface area contributed by atoms with E-state index in [0.29, 0.717) is 24.9 Å². The maximum absolute atomic E-state index is 13.2. The molecule has 1 aliphatic heterocycles. The smallest absolute Gasteiger partial charge is 0.314 e. The summed E-state index contributed by atoms with van der Waals surface area (Å²) >= 11 is 0. The number of imidazole rings is 1. The van der Waals surface area contributed by atoms with Gasteiger partial charge in [0.1, 0.15) is 5.41 Å². The highest BCUT2D eigenvalue weighted by Gasteiger charge is 2.49. The molecule has 1 aliphatic rings. The third kappa shape index (κ3) is 4.05. The van der Waals surface area contributed by atoms with E-state index in [-0.39, 0.29) is 18.9 Å². The van der Waals surface area contributed by atoms with Crippen LogP contribution in [-0.2, 0) is 18.3 Å². The Morgan fingerprint density at radius 3 is 2.71 bits per heavy atom. The number of rotatable bonds is 6. The van der Waals surface area contributed by atoms with Crippen molar-refractivity contribution in [1.29, 1.82) is 0 Å². The van der Waals surface area contributed by atoms with Crippen molar-refractivity contribution >= 4 is 22.9 Å². The van der Waals surface area contributed by atoms with Crippen LogP contribution in [0.5, 0.6) is 0 Å². The molecule has 4 rings (SSSR count). The summed E-state index contributed by atoms with van der Waals surface area (Å²) in [5, 5.41) is 20.7. The largest absolute Gasteiger partial charge is 0.481 e. The summed E-state index contributed by atoms with van der Waals surface area (Å²) in [6, 6.07) is 15.2. The van der Waals surface area contributed by atoms with Crippen LogP contribution in [0.1, 0.15) is 35.2 Å². The van der Waals surface area contributed by atoms with Gasteiger partial charge in [-0.15, -0.1) is 0 Å².